The molecule has 0 amide bonds. The number of anilines is 1. The van der Waals surface area contributed by atoms with Crippen LogP contribution in [-0.4, -0.2) is 38.7 Å². The number of aromatic nitrogens is 4. The van der Waals surface area contributed by atoms with E-state index < -0.39 is 4.92 Å². The third-order valence-corrected chi connectivity index (χ3v) is 2.37. The Bertz CT molecular complexity index is 614. The van der Waals surface area contributed by atoms with E-state index in [1.807, 2.05) is 0 Å². The lowest BCUT2D eigenvalue weighted by Crippen LogP contribution is -2.10. The van der Waals surface area contributed by atoms with Gasteiger partial charge in [-0.1, -0.05) is 5.16 Å². The van der Waals surface area contributed by atoms with E-state index >= 15 is 0 Å². The number of nitro groups is 1. The minimum Gasteiger partial charge on any atom is -0.476 e. The highest BCUT2D eigenvalue weighted by Gasteiger charge is 2.23. The second-order valence-electron chi connectivity index (χ2n) is 3.75. The normalized spacial score (nSPS) is 10.3. The average molecular weight is 280 g/mol. The third kappa shape index (κ3) is 2.96. The van der Waals surface area contributed by atoms with Gasteiger partial charge in [0, 0.05) is 13.0 Å². The number of rotatable bonds is 6. The van der Waals surface area contributed by atoms with Crippen LogP contribution in [-0.2, 0) is 6.42 Å². The van der Waals surface area contributed by atoms with Crippen LogP contribution < -0.4 is 10.1 Å². The van der Waals surface area contributed by atoms with Crippen LogP contribution >= 0.6 is 0 Å². The molecule has 0 fully saturated rings. The van der Waals surface area contributed by atoms with E-state index in [1.165, 1.54) is 13.4 Å². The molecule has 0 aliphatic heterocycles. The summed E-state index contributed by atoms with van der Waals surface area (Å²) >= 11 is 0. The third-order valence-electron chi connectivity index (χ3n) is 2.37. The molecule has 0 bridgehead atoms. The second kappa shape index (κ2) is 5.91. The van der Waals surface area contributed by atoms with E-state index in [2.05, 4.69) is 25.4 Å². The quantitative estimate of drug-likeness (QED) is 0.601. The molecule has 0 radical (unpaired) electrons. The van der Waals surface area contributed by atoms with Crippen molar-refractivity contribution in [3.8, 4) is 5.88 Å². The van der Waals surface area contributed by atoms with Gasteiger partial charge in [0.2, 0.25) is 11.7 Å². The lowest BCUT2D eigenvalue weighted by molar-refractivity contribution is -0.385. The van der Waals surface area contributed by atoms with Crippen LogP contribution in [0.3, 0.4) is 0 Å². The highest BCUT2D eigenvalue weighted by molar-refractivity contribution is 5.60. The number of nitrogens with one attached hydrogen (secondary N) is 1. The number of hydrogen-bond acceptors (Lipinski definition) is 9. The summed E-state index contributed by atoms with van der Waals surface area (Å²) in [6.07, 6.45) is 1.61. The van der Waals surface area contributed by atoms with Crippen LogP contribution in [0.1, 0.15) is 11.7 Å². The minimum atomic E-state index is -0.599. The van der Waals surface area contributed by atoms with Crippen molar-refractivity contribution in [3.63, 3.8) is 0 Å². The molecular weight excluding hydrogens is 268 g/mol. The lowest BCUT2D eigenvalue weighted by Gasteiger charge is -2.06. The van der Waals surface area contributed by atoms with Gasteiger partial charge in [-0.3, -0.25) is 10.1 Å². The highest BCUT2D eigenvalue weighted by atomic mass is 16.6. The topological polar surface area (TPSA) is 129 Å². The zero-order chi connectivity index (χ0) is 14.5. The first kappa shape index (κ1) is 13.6. The summed E-state index contributed by atoms with van der Waals surface area (Å²) in [5.41, 5.74) is -0.309. The Morgan fingerprint density at radius 3 is 2.90 bits per heavy atom. The summed E-state index contributed by atoms with van der Waals surface area (Å²) in [7, 11) is 1.31. The maximum atomic E-state index is 11.0. The zero-order valence-corrected chi connectivity index (χ0v) is 10.9. The van der Waals surface area contributed by atoms with Gasteiger partial charge < -0.3 is 14.6 Å². The predicted octanol–water partition coefficient (Wildman–Crippen LogP) is 0.739. The van der Waals surface area contributed by atoms with Crippen molar-refractivity contribution >= 4 is 11.5 Å². The molecule has 106 valence electrons. The van der Waals surface area contributed by atoms with Crippen LogP contribution in [0, 0.1) is 17.0 Å². The van der Waals surface area contributed by atoms with Gasteiger partial charge in [0.15, 0.2) is 5.82 Å². The minimum absolute atomic E-state index is 0.0816. The fraction of sp³-hybridized carbons (Fsp3) is 0.400. The van der Waals surface area contributed by atoms with Crippen LogP contribution in [0.25, 0.3) is 0 Å². The Hall–Kier alpha value is -2.78. The Kier molecular flexibility index (Phi) is 4.03. The summed E-state index contributed by atoms with van der Waals surface area (Å²) < 4.78 is 9.77. The molecule has 1 N–H and O–H groups in total. The molecule has 0 aromatic carbocycles. The summed E-state index contributed by atoms with van der Waals surface area (Å²) in [4.78, 5) is 22.0. The molecule has 0 spiro atoms. The summed E-state index contributed by atoms with van der Waals surface area (Å²) in [6.45, 7) is 2.06. The number of aryl methyl sites for hydroxylation is 1. The molecule has 10 nitrogen and oxygen atoms in total. The van der Waals surface area contributed by atoms with Crippen LogP contribution in [0.2, 0.25) is 0 Å². The zero-order valence-electron chi connectivity index (χ0n) is 10.9. The molecule has 0 saturated carbocycles. The van der Waals surface area contributed by atoms with Crippen LogP contribution in [0.15, 0.2) is 10.9 Å². The second-order valence-corrected chi connectivity index (χ2v) is 3.75. The first-order chi connectivity index (χ1) is 9.61. The summed E-state index contributed by atoms with van der Waals surface area (Å²) in [5, 5.41) is 17.5. The van der Waals surface area contributed by atoms with Gasteiger partial charge in [0.1, 0.15) is 6.33 Å². The van der Waals surface area contributed by atoms with Gasteiger partial charge in [0.25, 0.3) is 5.88 Å². The summed E-state index contributed by atoms with van der Waals surface area (Å²) in [5.74, 6) is 0.965. The van der Waals surface area contributed by atoms with E-state index in [9.17, 15) is 10.1 Å². The number of ether oxygens (including phenoxy) is 1. The van der Waals surface area contributed by atoms with Gasteiger partial charge in [-0.05, 0) is 6.92 Å². The highest BCUT2D eigenvalue weighted by Crippen LogP contribution is 2.30. The lowest BCUT2D eigenvalue weighted by atomic mass is 10.4. The molecule has 0 aliphatic carbocycles. The van der Waals surface area contributed by atoms with Gasteiger partial charge in [-0.15, -0.1) is 0 Å². The largest absolute Gasteiger partial charge is 0.476 e. The van der Waals surface area contributed by atoms with E-state index in [0.29, 0.717) is 24.7 Å². The van der Waals surface area contributed by atoms with Crippen LogP contribution in [0.5, 0.6) is 5.88 Å². The van der Waals surface area contributed by atoms with Gasteiger partial charge >= 0.3 is 5.69 Å². The standard InChI is InChI=1S/C10H12N6O4/c1-6-14-7(20-15-6)3-4-11-9-8(16(17)18)10(19-2)13-5-12-9/h5H,3-4H2,1-2H3,(H,11,12,13). The molecule has 10 heteroatoms. The van der Waals surface area contributed by atoms with Crippen molar-refractivity contribution in [2.45, 2.75) is 13.3 Å². The molecule has 2 aromatic rings. The fourth-order valence-electron chi connectivity index (χ4n) is 1.54. The predicted molar refractivity (Wildman–Crippen MR) is 66.5 cm³/mol. The van der Waals surface area contributed by atoms with Crippen molar-refractivity contribution in [2.24, 2.45) is 0 Å². The van der Waals surface area contributed by atoms with Crippen molar-refractivity contribution < 1.29 is 14.2 Å². The molecule has 0 unspecified atom stereocenters. The van der Waals surface area contributed by atoms with Crippen LogP contribution in [0.4, 0.5) is 11.5 Å². The number of hydrogen-bond donors (Lipinski definition) is 1. The average Bonchev–Trinajstić information content (AvgIpc) is 2.83. The SMILES string of the molecule is COc1ncnc(NCCc2nc(C)no2)c1[N+](=O)[O-]. The van der Waals surface area contributed by atoms with Crippen molar-refractivity contribution in [1.29, 1.82) is 0 Å². The molecule has 20 heavy (non-hydrogen) atoms. The maximum absolute atomic E-state index is 11.0. The maximum Gasteiger partial charge on any atom is 0.372 e. The Morgan fingerprint density at radius 1 is 1.50 bits per heavy atom. The Labute approximate surface area is 113 Å². The molecular formula is C10H12N6O4. The first-order valence-corrected chi connectivity index (χ1v) is 5.68. The van der Waals surface area contributed by atoms with Gasteiger partial charge in [0.05, 0.1) is 12.0 Å². The monoisotopic (exact) mass is 280 g/mol. The molecule has 2 aromatic heterocycles. The number of methoxy groups -OCH3 is 1. The van der Waals surface area contributed by atoms with Gasteiger partial charge in [-0.2, -0.15) is 9.97 Å². The smallest absolute Gasteiger partial charge is 0.372 e. The summed E-state index contributed by atoms with van der Waals surface area (Å²) in [6, 6.07) is 0. The first-order valence-electron chi connectivity index (χ1n) is 5.68. The molecule has 0 atom stereocenters. The van der Waals surface area contributed by atoms with Gasteiger partial charge in [-0.25, -0.2) is 4.98 Å². The van der Waals surface area contributed by atoms with Crippen molar-refractivity contribution in [1.82, 2.24) is 20.1 Å². The molecule has 0 saturated heterocycles. The fourth-order valence-corrected chi connectivity index (χ4v) is 1.54. The van der Waals surface area contributed by atoms with E-state index in [1.54, 1.807) is 6.92 Å². The Morgan fingerprint density at radius 2 is 2.30 bits per heavy atom. The van der Waals surface area contributed by atoms with E-state index in [-0.39, 0.29) is 17.4 Å². The number of nitrogens with zero attached hydrogens (tertiary/aromatic N) is 5. The van der Waals surface area contributed by atoms with E-state index in [4.69, 9.17) is 9.26 Å². The van der Waals surface area contributed by atoms with E-state index in [0.717, 1.165) is 0 Å². The van der Waals surface area contributed by atoms with Crippen molar-refractivity contribution in [2.75, 3.05) is 19.0 Å². The molecule has 2 heterocycles. The van der Waals surface area contributed by atoms with Crippen molar-refractivity contribution in [3.05, 3.63) is 28.2 Å². The molecule has 2 rings (SSSR count). The Balaban J connectivity index is 2.07. The molecule has 0 aliphatic rings.